The van der Waals surface area contributed by atoms with Gasteiger partial charge in [0.15, 0.2) is 0 Å². The number of rotatable bonds is 1. The van der Waals surface area contributed by atoms with Crippen molar-refractivity contribution < 1.29 is 0 Å². The number of hydrogen-bond acceptors (Lipinski definition) is 2. The molecular weight excluding hydrogens is 184 g/mol. The van der Waals surface area contributed by atoms with Crippen molar-refractivity contribution in [3.8, 4) is 0 Å². The van der Waals surface area contributed by atoms with Crippen LogP contribution < -0.4 is 5.32 Å². The summed E-state index contributed by atoms with van der Waals surface area (Å²) in [5.41, 5.74) is 2.50. The van der Waals surface area contributed by atoms with Crippen molar-refractivity contribution in [2.75, 3.05) is 6.54 Å². The molecule has 0 aliphatic carbocycles. The molecule has 2 heteroatoms. The molecule has 0 radical (unpaired) electrons. The Kier molecular flexibility index (Phi) is 2.14. The van der Waals surface area contributed by atoms with Gasteiger partial charge in [0.1, 0.15) is 0 Å². The lowest BCUT2D eigenvalue weighted by Gasteiger charge is -2.12. The van der Waals surface area contributed by atoms with Crippen LogP contribution in [0.4, 0.5) is 0 Å². The van der Waals surface area contributed by atoms with Gasteiger partial charge in [0, 0.05) is 17.6 Å². The second kappa shape index (κ2) is 3.63. The Morgan fingerprint density at radius 3 is 3.07 bits per heavy atom. The first-order chi connectivity index (χ1) is 7.45. The van der Waals surface area contributed by atoms with E-state index in [9.17, 15) is 0 Å². The number of hydrogen-bond donors (Lipinski definition) is 1. The minimum atomic E-state index is 0.526. The molecule has 1 aliphatic rings. The number of nitrogens with one attached hydrogen (secondary N) is 1. The van der Waals surface area contributed by atoms with Crippen molar-refractivity contribution in [3.05, 3.63) is 42.1 Å². The van der Waals surface area contributed by atoms with Crippen molar-refractivity contribution >= 4 is 10.9 Å². The fourth-order valence-electron chi connectivity index (χ4n) is 2.38. The van der Waals surface area contributed by atoms with Gasteiger partial charge in [0.25, 0.3) is 0 Å². The summed E-state index contributed by atoms with van der Waals surface area (Å²) in [6.07, 6.45) is 4.38. The minimum absolute atomic E-state index is 0.526. The second-order valence-corrected chi connectivity index (χ2v) is 4.07. The highest BCUT2D eigenvalue weighted by molar-refractivity contribution is 5.82. The lowest BCUT2D eigenvalue weighted by Crippen LogP contribution is -2.13. The number of pyridine rings is 1. The second-order valence-electron chi connectivity index (χ2n) is 4.07. The Bertz CT molecular complexity index is 467. The Labute approximate surface area is 89.3 Å². The van der Waals surface area contributed by atoms with Gasteiger partial charge in [-0.3, -0.25) is 4.98 Å². The standard InChI is InChI=1S/C13H14N2/c1-4-10(13-7-3-9-15-13)11-5-2-8-14-12(11)6-1/h1-2,4-6,8,13,15H,3,7,9H2. The van der Waals surface area contributed by atoms with E-state index in [0.29, 0.717) is 6.04 Å². The van der Waals surface area contributed by atoms with Gasteiger partial charge in [0.05, 0.1) is 5.52 Å². The molecule has 1 aromatic heterocycles. The smallest absolute Gasteiger partial charge is 0.0705 e. The average Bonchev–Trinajstić information content (AvgIpc) is 2.82. The third-order valence-electron chi connectivity index (χ3n) is 3.12. The molecule has 1 saturated heterocycles. The molecule has 1 N–H and O–H groups in total. The van der Waals surface area contributed by atoms with Gasteiger partial charge in [-0.2, -0.15) is 0 Å². The van der Waals surface area contributed by atoms with E-state index in [2.05, 4.69) is 34.6 Å². The maximum atomic E-state index is 4.39. The van der Waals surface area contributed by atoms with Crippen LogP contribution in [0.25, 0.3) is 10.9 Å². The molecule has 1 atom stereocenters. The molecule has 0 bridgehead atoms. The number of benzene rings is 1. The van der Waals surface area contributed by atoms with Gasteiger partial charge < -0.3 is 5.32 Å². The first-order valence-electron chi connectivity index (χ1n) is 5.52. The van der Waals surface area contributed by atoms with Gasteiger partial charge >= 0.3 is 0 Å². The van der Waals surface area contributed by atoms with Crippen molar-refractivity contribution in [1.82, 2.24) is 10.3 Å². The number of nitrogens with zero attached hydrogens (tertiary/aromatic N) is 1. The summed E-state index contributed by atoms with van der Waals surface area (Å²) in [5, 5.41) is 4.83. The molecule has 2 heterocycles. The molecule has 1 aliphatic heterocycles. The molecule has 0 amide bonds. The van der Waals surface area contributed by atoms with Crippen LogP contribution in [0, 0.1) is 0 Å². The van der Waals surface area contributed by atoms with E-state index < -0.39 is 0 Å². The molecule has 0 saturated carbocycles. The van der Waals surface area contributed by atoms with E-state index in [1.165, 1.54) is 23.8 Å². The predicted molar refractivity (Wildman–Crippen MR) is 61.7 cm³/mol. The summed E-state index contributed by atoms with van der Waals surface area (Å²) >= 11 is 0. The molecule has 1 fully saturated rings. The summed E-state index contributed by atoms with van der Waals surface area (Å²) in [4.78, 5) is 4.39. The van der Waals surface area contributed by atoms with Crippen LogP contribution in [0.15, 0.2) is 36.5 Å². The molecule has 2 nitrogen and oxygen atoms in total. The van der Waals surface area contributed by atoms with E-state index >= 15 is 0 Å². The highest BCUT2D eigenvalue weighted by atomic mass is 14.9. The normalized spacial score (nSPS) is 20.9. The predicted octanol–water partition coefficient (Wildman–Crippen LogP) is 2.66. The van der Waals surface area contributed by atoms with E-state index in [0.717, 1.165) is 12.1 Å². The fourth-order valence-corrected chi connectivity index (χ4v) is 2.38. The maximum Gasteiger partial charge on any atom is 0.0705 e. The largest absolute Gasteiger partial charge is 0.310 e. The lowest BCUT2D eigenvalue weighted by atomic mass is 10.0. The zero-order valence-electron chi connectivity index (χ0n) is 8.61. The van der Waals surface area contributed by atoms with Gasteiger partial charge in [-0.25, -0.2) is 0 Å². The quantitative estimate of drug-likeness (QED) is 0.762. The van der Waals surface area contributed by atoms with Crippen LogP contribution in [0.2, 0.25) is 0 Å². The van der Waals surface area contributed by atoms with Crippen molar-refractivity contribution in [2.24, 2.45) is 0 Å². The molecule has 3 rings (SSSR count). The van der Waals surface area contributed by atoms with Crippen LogP contribution in [0.1, 0.15) is 24.4 Å². The van der Waals surface area contributed by atoms with Crippen molar-refractivity contribution in [3.63, 3.8) is 0 Å². The minimum Gasteiger partial charge on any atom is -0.310 e. The van der Waals surface area contributed by atoms with Gasteiger partial charge in [-0.05, 0) is 37.1 Å². The first-order valence-corrected chi connectivity index (χ1v) is 5.52. The summed E-state index contributed by atoms with van der Waals surface area (Å²) in [5.74, 6) is 0. The van der Waals surface area contributed by atoms with Crippen molar-refractivity contribution in [1.29, 1.82) is 0 Å². The molecule has 1 unspecified atom stereocenters. The SMILES string of the molecule is c1cc(C2CCCN2)c2cccnc2c1. The van der Waals surface area contributed by atoms with Gasteiger partial charge in [-0.15, -0.1) is 0 Å². The monoisotopic (exact) mass is 198 g/mol. The molecular formula is C13H14N2. The van der Waals surface area contributed by atoms with Crippen LogP contribution in [-0.4, -0.2) is 11.5 Å². The van der Waals surface area contributed by atoms with Gasteiger partial charge in [-0.1, -0.05) is 18.2 Å². The zero-order valence-corrected chi connectivity index (χ0v) is 8.61. The van der Waals surface area contributed by atoms with Gasteiger partial charge in [0.2, 0.25) is 0 Å². The molecule has 2 aromatic rings. The first kappa shape index (κ1) is 8.86. The lowest BCUT2D eigenvalue weighted by molar-refractivity contribution is 0.653. The third kappa shape index (κ3) is 1.51. The number of fused-ring (bicyclic) bond motifs is 1. The highest BCUT2D eigenvalue weighted by Gasteiger charge is 2.17. The van der Waals surface area contributed by atoms with Crippen LogP contribution >= 0.6 is 0 Å². The van der Waals surface area contributed by atoms with Crippen LogP contribution in [0.3, 0.4) is 0 Å². The van der Waals surface area contributed by atoms with Crippen molar-refractivity contribution in [2.45, 2.75) is 18.9 Å². The third-order valence-corrected chi connectivity index (χ3v) is 3.12. The fraction of sp³-hybridized carbons (Fsp3) is 0.308. The highest BCUT2D eigenvalue weighted by Crippen LogP contribution is 2.28. The van der Waals surface area contributed by atoms with Crippen LogP contribution in [-0.2, 0) is 0 Å². The molecule has 76 valence electrons. The summed E-state index contributed by atoms with van der Waals surface area (Å²) in [7, 11) is 0. The topological polar surface area (TPSA) is 24.9 Å². The Balaban J connectivity index is 2.16. The average molecular weight is 198 g/mol. The van der Waals surface area contributed by atoms with E-state index in [1.54, 1.807) is 0 Å². The van der Waals surface area contributed by atoms with Crippen LogP contribution in [0.5, 0.6) is 0 Å². The van der Waals surface area contributed by atoms with E-state index in [4.69, 9.17) is 0 Å². The van der Waals surface area contributed by atoms with E-state index in [1.807, 2.05) is 12.3 Å². The van der Waals surface area contributed by atoms with E-state index in [-0.39, 0.29) is 0 Å². The molecule has 0 spiro atoms. The summed E-state index contributed by atoms with van der Waals surface area (Å²) in [6, 6.07) is 11.1. The summed E-state index contributed by atoms with van der Waals surface area (Å²) < 4.78 is 0. The molecule has 1 aromatic carbocycles. The molecule has 15 heavy (non-hydrogen) atoms. The number of aromatic nitrogens is 1. The summed E-state index contributed by atoms with van der Waals surface area (Å²) in [6.45, 7) is 1.14. The Morgan fingerprint density at radius 1 is 1.20 bits per heavy atom. The Morgan fingerprint density at radius 2 is 2.20 bits per heavy atom. The Hall–Kier alpha value is -1.41. The maximum absolute atomic E-state index is 4.39. The zero-order chi connectivity index (χ0) is 10.1.